The summed E-state index contributed by atoms with van der Waals surface area (Å²) in [6.07, 6.45) is 1.14. The molecule has 1 aromatic carbocycles. The molecule has 1 aromatic rings. The Morgan fingerprint density at radius 3 is 2.73 bits per heavy atom. The maximum Gasteiger partial charge on any atom is 0.0426 e. The van der Waals surface area contributed by atoms with Gasteiger partial charge >= 0.3 is 0 Å². The zero-order valence-electron chi connectivity index (χ0n) is 9.68. The van der Waals surface area contributed by atoms with Gasteiger partial charge in [0, 0.05) is 30.8 Å². The van der Waals surface area contributed by atoms with Crippen LogP contribution in [0.2, 0.25) is 5.02 Å². The van der Waals surface area contributed by atoms with Gasteiger partial charge in [0.2, 0.25) is 0 Å². The molecular weight excluding hydrogens is 208 g/mol. The van der Waals surface area contributed by atoms with Gasteiger partial charge in [0.15, 0.2) is 0 Å². The van der Waals surface area contributed by atoms with Gasteiger partial charge in [0.05, 0.1) is 0 Å². The van der Waals surface area contributed by atoms with Crippen LogP contribution in [0.3, 0.4) is 0 Å². The second-order valence-electron chi connectivity index (χ2n) is 3.72. The minimum Gasteiger partial charge on any atom is -0.374 e. The number of halogens is 1. The van der Waals surface area contributed by atoms with Gasteiger partial charge < -0.3 is 10.2 Å². The average Bonchev–Trinajstić information content (AvgIpc) is 2.21. The number of nitrogens with zero attached hydrogens (tertiary/aromatic N) is 1. The normalized spacial score (nSPS) is 10.4. The molecule has 0 fully saturated rings. The molecule has 2 nitrogen and oxygen atoms in total. The molecule has 0 aliphatic heterocycles. The topological polar surface area (TPSA) is 15.3 Å². The van der Waals surface area contributed by atoms with Crippen molar-refractivity contribution in [3.05, 3.63) is 28.8 Å². The fraction of sp³-hybridized carbons (Fsp3) is 0.500. The van der Waals surface area contributed by atoms with E-state index in [1.807, 2.05) is 19.2 Å². The van der Waals surface area contributed by atoms with Crippen molar-refractivity contribution in [2.45, 2.75) is 19.9 Å². The molecular formula is C12H19ClN2. The number of nitrogens with one attached hydrogen (secondary N) is 1. The third-order valence-corrected chi connectivity index (χ3v) is 2.62. The van der Waals surface area contributed by atoms with E-state index in [0.29, 0.717) is 0 Å². The smallest absolute Gasteiger partial charge is 0.0426 e. The van der Waals surface area contributed by atoms with Crippen LogP contribution in [0.4, 0.5) is 5.69 Å². The predicted octanol–water partition coefficient (Wildman–Crippen LogP) is 2.91. The zero-order chi connectivity index (χ0) is 11.3. The van der Waals surface area contributed by atoms with E-state index in [4.69, 9.17) is 11.6 Å². The van der Waals surface area contributed by atoms with Crippen LogP contribution >= 0.6 is 11.6 Å². The first-order chi connectivity index (χ1) is 7.19. The van der Waals surface area contributed by atoms with E-state index in [1.54, 1.807) is 0 Å². The van der Waals surface area contributed by atoms with E-state index >= 15 is 0 Å². The molecule has 0 saturated carbocycles. The molecule has 15 heavy (non-hydrogen) atoms. The largest absolute Gasteiger partial charge is 0.374 e. The van der Waals surface area contributed by atoms with E-state index < -0.39 is 0 Å². The van der Waals surface area contributed by atoms with Gasteiger partial charge in [-0.05, 0) is 31.2 Å². The monoisotopic (exact) mass is 226 g/mol. The van der Waals surface area contributed by atoms with Crippen LogP contribution < -0.4 is 10.2 Å². The highest BCUT2D eigenvalue weighted by molar-refractivity contribution is 6.30. The second-order valence-corrected chi connectivity index (χ2v) is 4.16. The van der Waals surface area contributed by atoms with E-state index in [2.05, 4.69) is 30.3 Å². The van der Waals surface area contributed by atoms with E-state index in [0.717, 1.165) is 24.5 Å². The molecule has 0 spiro atoms. The van der Waals surface area contributed by atoms with Gasteiger partial charge in [-0.2, -0.15) is 0 Å². The molecule has 0 amide bonds. The maximum absolute atomic E-state index is 6.01. The highest BCUT2D eigenvalue weighted by Crippen LogP contribution is 2.24. The van der Waals surface area contributed by atoms with Crippen LogP contribution in [0.15, 0.2) is 18.2 Å². The Labute approximate surface area is 97.2 Å². The Hall–Kier alpha value is -0.730. The number of hydrogen-bond acceptors (Lipinski definition) is 2. The van der Waals surface area contributed by atoms with E-state index in [1.165, 1.54) is 11.3 Å². The summed E-state index contributed by atoms with van der Waals surface area (Å²) in [7, 11) is 4.06. The molecule has 0 saturated heterocycles. The lowest BCUT2D eigenvalue weighted by Crippen LogP contribution is -2.20. The number of benzene rings is 1. The van der Waals surface area contributed by atoms with Gasteiger partial charge in [-0.3, -0.25) is 0 Å². The van der Waals surface area contributed by atoms with Crippen LogP contribution in [-0.4, -0.2) is 20.6 Å². The molecule has 0 aliphatic rings. The second kappa shape index (κ2) is 5.99. The molecule has 1 rings (SSSR count). The number of hydrogen-bond donors (Lipinski definition) is 1. The van der Waals surface area contributed by atoms with Gasteiger partial charge in [0.25, 0.3) is 0 Å². The first kappa shape index (κ1) is 12.3. The Morgan fingerprint density at radius 2 is 2.13 bits per heavy atom. The van der Waals surface area contributed by atoms with E-state index in [9.17, 15) is 0 Å². The van der Waals surface area contributed by atoms with Crippen LogP contribution in [-0.2, 0) is 6.54 Å². The maximum atomic E-state index is 6.01. The van der Waals surface area contributed by atoms with Gasteiger partial charge in [-0.25, -0.2) is 0 Å². The Morgan fingerprint density at radius 1 is 1.40 bits per heavy atom. The molecule has 0 aliphatic carbocycles. The first-order valence-electron chi connectivity index (χ1n) is 5.33. The van der Waals surface area contributed by atoms with Crippen molar-refractivity contribution in [3.8, 4) is 0 Å². The van der Waals surface area contributed by atoms with Gasteiger partial charge in [-0.1, -0.05) is 24.6 Å². The summed E-state index contributed by atoms with van der Waals surface area (Å²) in [5.74, 6) is 0. The van der Waals surface area contributed by atoms with Crippen molar-refractivity contribution in [3.63, 3.8) is 0 Å². The predicted molar refractivity (Wildman–Crippen MR) is 67.8 cm³/mol. The summed E-state index contributed by atoms with van der Waals surface area (Å²) in [5, 5.41) is 3.97. The molecule has 0 atom stereocenters. The summed E-state index contributed by atoms with van der Waals surface area (Å²) < 4.78 is 0. The van der Waals surface area contributed by atoms with Crippen LogP contribution in [0.25, 0.3) is 0 Å². The Balaban J connectivity index is 2.95. The van der Waals surface area contributed by atoms with Crippen molar-refractivity contribution in [2.24, 2.45) is 0 Å². The fourth-order valence-corrected chi connectivity index (χ4v) is 1.85. The molecule has 3 heteroatoms. The summed E-state index contributed by atoms with van der Waals surface area (Å²) >= 11 is 6.01. The van der Waals surface area contributed by atoms with Crippen molar-refractivity contribution in [1.82, 2.24) is 5.32 Å². The number of anilines is 1. The molecule has 0 bridgehead atoms. The van der Waals surface area contributed by atoms with Crippen LogP contribution in [0.5, 0.6) is 0 Å². The zero-order valence-corrected chi connectivity index (χ0v) is 10.4. The lowest BCUT2D eigenvalue weighted by Gasteiger charge is -2.22. The van der Waals surface area contributed by atoms with E-state index in [-0.39, 0.29) is 0 Å². The van der Waals surface area contributed by atoms with Crippen LogP contribution in [0, 0.1) is 0 Å². The third kappa shape index (κ3) is 3.40. The van der Waals surface area contributed by atoms with Gasteiger partial charge in [-0.15, -0.1) is 0 Å². The first-order valence-corrected chi connectivity index (χ1v) is 5.71. The summed E-state index contributed by atoms with van der Waals surface area (Å²) in [4.78, 5) is 2.25. The minimum atomic E-state index is 0.799. The standard InChI is InChI=1S/C12H19ClN2/c1-4-7-15(3)12-8-11(13)6-5-10(12)9-14-2/h5-6,8,14H,4,7,9H2,1-3H3. The van der Waals surface area contributed by atoms with Crippen LogP contribution in [0.1, 0.15) is 18.9 Å². The molecule has 0 aromatic heterocycles. The quantitative estimate of drug-likeness (QED) is 0.831. The minimum absolute atomic E-state index is 0.799. The molecule has 1 N–H and O–H groups in total. The molecule has 0 heterocycles. The highest BCUT2D eigenvalue weighted by atomic mass is 35.5. The SMILES string of the molecule is CCCN(C)c1cc(Cl)ccc1CNC. The third-order valence-electron chi connectivity index (χ3n) is 2.38. The van der Waals surface area contributed by atoms with Gasteiger partial charge in [0.1, 0.15) is 0 Å². The lowest BCUT2D eigenvalue weighted by atomic mass is 10.1. The Kier molecular flexibility index (Phi) is 4.92. The molecule has 0 unspecified atom stereocenters. The lowest BCUT2D eigenvalue weighted by molar-refractivity contribution is 0.797. The van der Waals surface area contributed by atoms with Crippen molar-refractivity contribution >= 4 is 17.3 Å². The van der Waals surface area contributed by atoms with Crippen molar-refractivity contribution in [1.29, 1.82) is 0 Å². The Bertz CT molecular complexity index is 312. The van der Waals surface area contributed by atoms with Crippen molar-refractivity contribution < 1.29 is 0 Å². The van der Waals surface area contributed by atoms with Crippen molar-refractivity contribution in [2.75, 3.05) is 25.5 Å². The average molecular weight is 227 g/mol. The molecule has 0 radical (unpaired) electrons. The summed E-state index contributed by atoms with van der Waals surface area (Å²) in [5.41, 5.74) is 2.51. The summed E-state index contributed by atoms with van der Waals surface area (Å²) in [6.45, 7) is 4.11. The summed E-state index contributed by atoms with van der Waals surface area (Å²) in [6, 6.07) is 6.06. The fourth-order valence-electron chi connectivity index (χ4n) is 1.69. The number of rotatable bonds is 5. The molecule has 84 valence electrons. The highest BCUT2D eigenvalue weighted by Gasteiger charge is 2.06.